The van der Waals surface area contributed by atoms with E-state index in [9.17, 15) is 9.59 Å². The van der Waals surface area contributed by atoms with E-state index < -0.39 is 0 Å². The third-order valence-corrected chi connectivity index (χ3v) is 3.71. The van der Waals surface area contributed by atoms with E-state index in [1.54, 1.807) is 6.07 Å². The largest absolute Gasteiger partial charge is 0.352 e. The second-order valence-corrected chi connectivity index (χ2v) is 5.14. The second-order valence-electron chi connectivity index (χ2n) is 5.14. The van der Waals surface area contributed by atoms with Gasteiger partial charge in [-0.25, -0.2) is 0 Å². The Labute approximate surface area is 112 Å². The van der Waals surface area contributed by atoms with Crippen molar-refractivity contribution < 1.29 is 4.79 Å². The van der Waals surface area contributed by atoms with E-state index in [1.807, 2.05) is 13.0 Å². The molecule has 1 aromatic heterocycles. The highest BCUT2D eigenvalue weighted by Crippen LogP contribution is 2.17. The number of amides is 1. The van der Waals surface area contributed by atoms with Crippen LogP contribution in [0.2, 0.25) is 0 Å². The van der Waals surface area contributed by atoms with Gasteiger partial charge in [-0.1, -0.05) is 18.9 Å². The van der Waals surface area contributed by atoms with Gasteiger partial charge in [0.15, 0.2) is 0 Å². The van der Waals surface area contributed by atoms with Crippen LogP contribution in [0, 0.1) is 6.92 Å². The Morgan fingerprint density at radius 3 is 2.74 bits per heavy atom. The van der Waals surface area contributed by atoms with Gasteiger partial charge < -0.3 is 15.6 Å². The zero-order chi connectivity index (χ0) is 13.8. The highest BCUT2D eigenvalue weighted by molar-refractivity contribution is 5.76. The van der Waals surface area contributed by atoms with Crippen molar-refractivity contribution in [2.24, 2.45) is 5.73 Å². The van der Waals surface area contributed by atoms with Gasteiger partial charge in [0.05, 0.1) is 0 Å². The van der Waals surface area contributed by atoms with Gasteiger partial charge in [-0.3, -0.25) is 9.59 Å². The van der Waals surface area contributed by atoms with Crippen molar-refractivity contribution in [3.63, 3.8) is 0 Å². The third kappa shape index (κ3) is 3.23. The van der Waals surface area contributed by atoms with Gasteiger partial charge in [0.25, 0.3) is 5.56 Å². The zero-order valence-electron chi connectivity index (χ0n) is 11.3. The number of carbonyl (C=O) groups is 1. The number of carbonyl (C=O) groups excluding carboxylic acids is 1. The molecule has 0 bridgehead atoms. The molecular formula is C14H21N3O2. The summed E-state index contributed by atoms with van der Waals surface area (Å²) in [6.45, 7) is 2.10. The lowest BCUT2D eigenvalue weighted by Crippen LogP contribution is -2.38. The van der Waals surface area contributed by atoms with Gasteiger partial charge in [0.2, 0.25) is 5.91 Å². The van der Waals surface area contributed by atoms with Crippen molar-refractivity contribution in [1.82, 2.24) is 9.88 Å². The average molecular weight is 263 g/mol. The summed E-state index contributed by atoms with van der Waals surface area (Å²) in [5, 5.41) is 2.99. The van der Waals surface area contributed by atoms with Crippen LogP contribution in [0.4, 0.5) is 0 Å². The van der Waals surface area contributed by atoms with Gasteiger partial charge in [0.1, 0.15) is 6.54 Å². The van der Waals surface area contributed by atoms with Gasteiger partial charge in [-0.05, 0) is 25.8 Å². The highest BCUT2D eigenvalue weighted by atomic mass is 16.2. The van der Waals surface area contributed by atoms with Gasteiger partial charge in [-0.15, -0.1) is 0 Å². The predicted octanol–water partition coefficient (Wildman–Crippen LogP) is 0.674. The minimum absolute atomic E-state index is 0.0784. The molecule has 5 heteroatoms. The van der Waals surface area contributed by atoms with Crippen LogP contribution in [0.25, 0.3) is 0 Å². The summed E-state index contributed by atoms with van der Waals surface area (Å²) in [7, 11) is 0. The van der Waals surface area contributed by atoms with Gasteiger partial charge >= 0.3 is 0 Å². The van der Waals surface area contributed by atoms with Crippen LogP contribution < -0.4 is 16.6 Å². The molecule has 1 aliphatic carbocycles. The number of aryl methyl sites for hydroxylation is 1. The molecular weight excluding hydrogens is 242 g/mol. The molecule has 19 heavy (non-hydrogen) atoms. The Balaban J connectivity index is 2.09. The molecule has 0 radical (unpaired) electrons. The van der Waals surface area contributed by atoms with Crippen molar-refractivity contribution in [3.8, 4) is 0 Å². The Morgan fingerprint density at radius 1 is 1.42 bits per heavy atom. The number of nitrogens with two attached hydrogens (primary N) is 1. The van der Waals surface area contributed by atoms with Crippen molar-refractivity contribution in [3.05, 3.63) is 33.7 Å². The molecule has 1 saturated carbocycles. The summed E-state index contributed by atoms with van der Waals surface area (Å²) in [5.41, 5.74) is 6.68. The first-order valence-corrected chi connectivity index (χ1v) is 6.80. The van der Waals surface area contributed by atoms with Gasteiger partial charge in [0, 0.05) is 23.8 Å². The average Bonchev–Trinajstić information content (AvgIpc) is 2.87. The minimum atomic E-state index is -0.163. The standard InChI is InChI=1S/C14H21N3O2/c1-10-6-7-11(8-15)14(19)17(10)9-13(18)16-12-4-2-3-5-12/h6-7,12H,2-5,8-9,15H2,1H3,(H,16,18). The van der Waals surface area contributed by atoms with E-state index in [0.29, 0.717) is 5.56 Å². The van der Waals surface area contributed by atoms with Crippen LogP contribution in [0.1, 0.15) is 36.9 Å². The van der Waals surface area contributed by atoms with Crippen LogP contribution in [0.3, 0.4) is 0 Å². The molecule has 0 spiro atoms. The summed E-state index contributed by atoms with van der Waals surface area (Å²) < 4.78 is 1.49. The lowest BCUT2D eigenvalue weighted by atomic mass is 10.2. The normalized spacial score (nSPS) is 15.7. The molecule has 1 amide bonds. The molecule has 104 valence electrons. The third-order valence-electron chi connectivity index (χ3n) is 3.71. The van der Waals surface area contributed by atoms with Crippen LogP contribution >= 0.6 is 0 Å². The Kier molecular flexibility index (Phi) is 4.37. The lowest BCUT2D eigenvalue weighted by Gasteiger charge is -2.15. The highest BCUT2D eigenvalue weighted by Gasteiger charge is 2.18. The molecule has 0 aliphatic heterocycles. The quantitative estimate of drug-likeness (QED) is 0.838. The topological polar surface area (TPSA) is 77.1 Å². The molecule has 3 N–H and O–H groups in total. The maximum atomic E-state index is 12.1. The number of hydrogen-bond acceptors (Lipinski definition) is 3. The summed E-state index contributed by atoms with van der Waals surface area (Å²) in [6.07, 6.45) is 4.43. The fourth-order valence-corrected chi connectivity index (χ4v) is 2.55. The molecule has 1 fully saturated rings. The monoisotopic (exact) mass is 263 g/mol. The number of nitrogens with zero attached hydrogens (tertiary/aromatic N) is 1. The number of hydrogen-bond donors (Lipinski definition) is 2. The van der Waals surface area contributed by atoms with Crippen molar-refractivity contribution in [2.45, 2.75) is 51.7 Å². The fourth-order valence-electron chi connectivity index (χ4n) is 2.55. The second kappa shape index (κ2) is 6.02. The van der Waals surface area contributed by atoms with Crippen molar-refractivity contribution in [1.29, 1.82) is 0 Å². The summed E-state index contributed by atoms with van der Waals surface area (Å²) in [6, 6.07) is 3.83. The molecule has 0 saturated heterocycles. The number of rotatable bonds is 4. The molecule has 0 unspecified atom stereocenters. The summed E-state index contributed by atoms with van der Waals surface area (Å²) in [5.74, 6) is -0.0914. The number of nitrogens with one attached hydrogen (secondary N) is 1. The van der Waals surface area contributed by atoms with Crippen LogP contribution in [-0.4, -0.2) is 16.5 Å². The smallest absolute Gasteiger partial charge is 0.255 e. The zero-order valence-corrected chi connectivity index (χ0v) is 11.3. The first-order valence-electron chi connectivity index (χ1n) is 6.80. The maximum Gasteiger partial charge on any atom is 0.255 e. The van der Waals surface area contributed by atoms with E-state index in [-0.39, 0.29) is 30.6 Å². The minimum Gasteiger partial charge on any atom is -0.352 e. The van der Waals surface area contributed by atoms with E-state index in [0.717, 1.165) is 18.5 Å². The van der Waals surface area contributed by atoms with Crippen molar-refractivity contribution >= 4 is 5.91 Å². The fraction of sp³-hybridized carbons (Fsp3) is 0.571. The summed E-state index contributed by atoms with van der Waals surface area (Å²) >= 11 is 0. The van der Waals surface area contributed by atoms with E-state index >= 15 is 0 Å². The van der Waals surface area contributed by atoms with Crippen LogP contribution in [-0.2, 0) is 17.9 Å². The molecule has 1 aliphatic rings. The lowest BCUT2D eigenvalue weighted by molar-refractivity contribution is -0.122. The molecule has 1 aromatic rings. The SMILES string of the molecule is Cc1ccc(CN)c(=O)n1CC(=O)NC1CCCC1. The van der Waals surface area contributed by atoms with E-state index in [1.165, 1.54) is 17.4 Å². The Morgan fingerprint density at radius 2 is 2.11 bits per heavy atom. The molecule has 1 heterocycles. The first kappa shape index (κ1) is 13.8. The molecule has 2 rings (SSSR count). The molecule has 0 aromatic carbocycles. The Hall–Kier alpha value is -1.62. The first-order chi connectivity index (χ1) is 9.11. The molecule has 5 nitrogen and oxygen atoms in total. The van der Waals surface area contributed by atoms with E-state index in [4.69, 9.17) is 5.73 Å². The number of aromatic nitrogens is 1. The van der Waals surface area contributed by atoms with Crippen LogP contribution in [0.5, 0.6) is 0 Å². The Bertz CT molecular complexity index is 516. The van der Waals surface area contributed by atoms with Crippen LogP contribution in [0.15, 0.2) is 16.9 Å². The maximum absolute atomic E-state index is 12.1. The van der Waals surface area contributed by atoms with Gasteiger partial charge in [-0.2, -0.15) is 0 Å². The van der Waals surface area contributed by atoms with E-state index in [2.05, 4.69) is 5.32 Å². The summed E-state index contributed by atoms with van der Waals surface area (Å²) in [4.78, 5) is 24.1. The van der Waals surface area contributed by atoms with Crippen molar-refractivity contribution in [2.75, 3.05) is 0 Å². The number of pyridine rings is 1. The predicted molar refractivity (Wildman–Crippen MR) is 73.7 cm³/mol. The molecule has 0 atom stereocenters.